The molecule has 2 aromatic rings. The van der Waals surface area contributed by atoms with Gasteiger partial charge in [-0.05, 0) is 36.0 Å². The van der Waals surface area contributed by atoms with Crippen LogP contribution in [-0.2, 0) is 6.42 Å². The molecule has 4 nitrogen and oxygen atoms in total. The SMILES string of the molecule is NCCc1ccc2[nH]cc(B(O)O)c2c1. The molecule has 1 aromatic carbocycles. The molecule has 0 radical (unpaired) electrons. The number of aromatic amines is 1. The maximum atomic E-state index is 9.14. The molecule has 0 unspecified atom stereocenters. The minimum atomic E-state index is -1.44. The highest BCUT2D eigenvalue weighted by Crippen LogP contribution is 2.13. The average molecular weight is 204 g/mol. The van der Waals surface area contributed by atoms with Crippen LogP contribution < -0.4 is 11.2 Å². The molecule has 5 N–H and O–H groups in total. The van der Waals surface area contributed by atoms with Crippen molar-refractivity contribution in [3.05, 3.63) is 30.0 Å². The molecule has 0 aliphatic rings. The minimum Gasteiger partial charge on any atom is -0.423 e. The molecule has 0 amide bonds. The van der Waals surface area contributed by atoms with E-state index in [2.05, 4.69) is 4.98 Å². The zero-order chi connectivity index (χ0) is 10.8. The topological polar surface area (TPSA) is 82.3 Å². The quantitative estimate of drug-likeness (QED) is 0.501. The first-order valence-electron chi connectivity index (χ1n) is 4.88. The number of rotatable bonds is 3. The molecule has 0 saturated heterocycles. The van der Waals surface area contributed by atoms with Crippen LogP contribution in [-0.4, -0.2) is 28.7 Å². The highest BCUT2D eigenvalue weighted by Gasteiger charge is 2.16. The molecule has 15 heavy (non-hydrogen) atoms. The van der Waals surface area contributed by atoms with Crippen molar-refractivity contribution in [2.24, 2.45) is 5.73 Å². The maximum absolute atomic E-state index is 9.14. The molecule has 1 aromatic heterocycles. The summed E-state index contributed by atoms with van der Waals surface area (Å²) in [7, 11) is -1.44. The van der Waals surface area contributed by atoms with E-state index in [-0.39, 0.29) is 0 Å². The van der Waals surface area contributed by atoms with E-state index in [0.29, 0.717) is 12.0 Å². The zero-order valence-corrected chi connectivity index (χ0v) is 8.27. The summed E-state index contributed by atoms with van der Waals surface area (Å²) in [4.78, 5) is 2.99. The predicted molar refractivity (Wildman–Crippen MR) is 60.9 cm³/mol. The maximum Gasteiger partial charge on any atom is 0.490 e. The molecular formula is C10H13BN2O2. The summed E-state index contributed by atoms with van der Waals surface area (Å²) in [6.07, 6.45) is 2.41. The lowest BCUT2D eigenvalue weighted by molar-refractivity contribution is 0.426. The van der Waals surface area contributed by atoms with Gasteiger partial charge < -0.3 is 20.8 Å². The summed E-state index contributed by atoms with van der Waals surface area (Å²) < 4.78 is 0. The number of hydrogen-bond donors (Lipinski definition) is 4. The first kappa shape index (κ1) is 10.2. The van der Waals surface area contributed by atoms with Crippen LogP contribution >= 0.6 is 0 Å². The number of nitrogens with two attached hydrogens (primary N) is 1. The van der Waals surface area contributed by atoms with Gasteiger partial charge in [0.2, 0.25) is 0 Å². The van der Waals surface area contributed by atoms with E-state index in [1.54, 1.807) is 6.20 Å². The fraction of sp³-hybridized carbons (Fsp3) is 0.200. The first-order chi connectivity index (χ1) is 7.22. The van der Waals surface area contributed by atoms with E-state index >= 15 is 0 Å². The van der Waals surface area contributed by atoms with Crippen molar-refractivity contribution in [2.75, 3.05) is 6.54 Å². The molecule has 0 aliphatic carbocycles. The summed E-state index contributed by atoms with van der Waals surface area (Å²) in [6.45, 7) is 0.590. The Hall–Kier alpha value is -1.30. The fourth-order valence-corrected chi connectivity index (χ4v) is 1.73. The molecule has 1 heterocycles. The second-order valence-electron chi connectivity index (χ2n) is 3.54. The van der Waals surface area contributed by atoms with Gasteiger partial charge in [-0.2, -0.15) is 0 Å². The van der Waals surface area contributed by atoms with Gasteiger partial charge in [-0.15, -0.1) is 0 Å². The Labute approximate surface area is 87.9 Å². The number of benzene rings is 1. The summed E-state index contributed by atoms with van der Waals surface area (Å²) >= 11 is 0. The molecule has 2 rings (SSSR count). The fourth-order valence-electron chi connectivity index (χ4n) is 1.73. The smallest absolute Gasteiger partial charge is 0.423 e. The lowest BCUT2D eigenvalue weighted by atomic mass is 9.80. The number of aromatic nitrogens is 1. The van der Waals surface area contributed by atoms with Gasteiger partial charge in [0.15, 0.2) is 0 Å². The van der Waals surface area contributed by atoms with Crippen LogP contribution in [0.4, 0.5) is 0 Å². The molecule has 0 bridgehead atoms. The Balaban J connectivity index is 2.51. The number of hydrogen-bond acceptors (Lipinski definition) is 3. The lowest BCUT2D eigenvalue weighted by Gasteiger charge is -2.00. The van der Waals surface area contributed by atoms with E-state index in [1.165, 1.54) is 0 Å². The molecule has 5 heteroatoms. The van der Waals surface area contributed by atoms with Gasteiger partial charge in [0.1, 0.15) is 0 Å². The number of H-pyrrole nitrogens is 1. The first-order valence-corrected chi connectivity index (χ1v) is 4.88. The Morgan fingerprint density at radius 1 is 1.33 bits per heavy atom. The minimum absolute atomic E-state index is 0.504. The van der Waals surface area contributed by atoms with Gasteiger partial charge in [-0.1, -0.05) is 6.07 Å². The van der Waals surface area contributed by atoms with E-state index in [9.17, 15) is 0 Å². The van der Waals surface area contributed by atoms with Gasteiger partial charge in [0.25, 0.3) is 0 Å². The Morgan fingerprint density at radius 2 is 2.13 bits per heavy atom. The molecule has 78 valence electrons. The second-order valence-corrected chi connectivity index (χ2v) is 3.54. The van der Waals surface area contributed by atoms with Crippen molar-refractivity contribution in [3.63, 3.8) is 0 Å². The number of nitrogens with one attached hydrogen (secondary N) is 1. The van der Waals surface area contributed by atoms with Crippen molar-refractivity contribution in [1.29, 1.82) is 0 Å². The van der Waals surface area contributed by atoms with Crippen molar-refractivity contribution < 1.29 is 10.0 Å². The zero-order valence-electron chi connectivity index (χ0n) is 8.27. The third-order valence-corrected chi connectivity index (χ3v) is 2.49. The predicted octanol–water partition coefficient (Wildman–Crippen LogP) is -0.651. The molecule has 0 fully saturated rings. The van der Waals surface area contributed by atoms with Crippen LogP contribution in [0.5, 0.6) is 0 Å². The highest BCUT2D eigenvalue weighted by atomic mass is 16.4. The Bertz CT molecular complexity index is 467. The van der Waals surface area contributed by atoms with Crippen molar-refractivity contribution >= 4 is 23.5 Å². The van der Waals surface area contributed by atoms with Gasteiger partial charge in [0, 0.05) is 17.2 Å². The Morgan fingerprint density at radius 3 is 2.80 bits per heavy atom. The van der Waals surface area contributed by atoms with Crippen LogP contribution in [0.1, 0.15) is 5.56 Å². The van der Waals surface area contributed by atoms with Crippen LogP contribution in [0.25, 0.3) is 10.9 Å². The molecular weight excluding hydrogens is 191 g/mol. The van der Waals surface area contributed by atoms with E-state index in [4.69, 9.17) is 15.8 Å². The molecule has 0 aliphatic heterocycles. The molecule has 0 saturated carbocycles. The lowest BCUT2D eigenvalue weighted by Crippen LogP contribution is -2.28. The van der Waals surface area contributed by atoms with Crippen LogP contribution in [0.3, 0.4) is 0 Å². The summed E-state index contributed by atoms with van der Waals surface area (Å²) in [5, 5.41) is 19.1. The number of fused-ring (bicyclic) bond motifs is 1. The monoisotopic (exact) mass is 204 g/mol. The third-order valence-electron chi connectivity index (χ3n) is 2.49. The summed E-state index contributed by atoms with van der Waals surface area (Å²) in [6, 6.07) is 5.85. The summed E-state index contributed by atoms with van der Waals surface area (Å²) in [5.41, 5.74) is 7.98. The summed E-state index contributed by atoms with van der Waals surface area (Å²) in [5.74, 6) is 0. The van der Waals surface area contributed by atoms with Gasteiger partial charge >= 0.3 is 7.12 Å². The van der Waals surface area contributed by atoms with Gasteiger partial charge in [-0.3, -0.25) is 0 Å². The van der Waals surface area contributed by atoms with Crippen LogP contribution in [0, 0.1) is 0 Å². The van der Waals surface area contributed by atoms with Gasteiger partial charge in [-0.25, -0.2) is 0 Å². The van der Waals surface area contributed by atoms with Crippen LogP contribution in [0.15, 0.2) is 24.4 Å². The standard InChI is InChI=1S/C10H13BN2O2/c12-4-3-7-1-2-10-8(5-7)9(6-13-10)11(14)15/h1-2,5-6,13-15H,3-4,12H2. The van der Waals surface area contributed by atoms with Gasteiger partial charge in [0.05, 0.1) is 0 Å². The van der Waals surface area contributed by atoms with Crippen molar-refractivity contribution in [1.82, 2.24) is 4.98 Å². The normalized spacial score (nSPS) is 10.9. The molecule has 0 atom stereocenters. The third kappa shape index (κ3) is 1.90. The van der Waals surface area contributed by atoms with Crippen LogP contribution in [0.2, 0.25) is 0 Å². The van der Waals surface area contributed by atoms with E-state index in [0.717, 1.165) is 22.9 Å². The molecule has 0 spiro atoms. The van der Waals surface area contributed by atoms with E-state index in [1.807, 2.05) is 18.2 Å². The average Bonchev–Trinajstić information content (AvgIpc) is 2.61. The van der Waals surface area contributed by atoms with E-state index < -0.39 is 7.12 Å². The largest absolute Gasteiger partial charge is 0.490 e. The highest BCUT2D eigenvalue weighted by molar-refractivity contribution is 6.62. The Kier molecular flexibility index (Phi) is 2.77. The second kappa shape index (κ2) is 4.06. The van der Waals surface area contributed by atoms with Crippen molar-refractivity contribution in [3.8, 4) is 0 Å². The van der Waals surface area contributed by atoms with Crippen molar-refractivity contribution in [2.45, 2.75) is 6.42 Å².